The molecular formula is C13H20F2N2. The lowest BCUT2D eigenvalue weighted by atomic mass is 10.0. The fourth-order valence-corrected chi connectivity index (χ4v) is 1.33. The number of nitrogens with zero attached hydrogens (tertiary/aromatic N) is 1. The van der Waals surface area contributed by atoms with Gasteiger partial charge in [-0.05, 0) is 34.0 Å². The zero-order valence-corrected chi connectivity index (χ0v) is 10.8. The number of nitrogens with one attached hydrogen (secondary N) is 1. The standard InChI is InChI=1S/C13H20F2N2/c1-13(2,17(3)4)9-16-8-10-5-6-11(14)7-12(10)15/h5-7,16H,8-9H2,1-4H3. The Labute approximate surface area is 102 Å². The summed E-state index contributed by atoms with van der Waals surface area (Å²) in [5, 5.41) is 3.18. The van der Waals surface area contributed by atoms with Crippen LogP contribution in [0.4, 0.5) is 8.78 Å². The van der Waals surface area contributed by atoms with Crippen molar-refractivity contribution < 1.29 is 8.78 Å². The van der Waals surface area contributed by atoms with Crippen molar-refractivity contribution >= 4 is 0 Å². The number of hydrogen-bond acceptors (Lipinski definition) is 2. The molecule has 1 aromatic carbocycles. The van der Waals surface area contributed by atoms with Gasteiger partial charge in [-0.3, -0.25) is 0 Å². The van der Waals surface area contributed by atoms with Crippen molar-refractivity contribution in [3.8, 4) is 0 Å². The van der Waals surface area contributed by atoms with E-state index < -0.39 is 11.6 Å². The molecule has 4 heteroatoms. The van der Waals surface area contributed by atoms with E-state index in [-0.39, 0.29) is 5.54 Å². The molecule has 0 bridgehead atoms. The van der Waals surface area contributed by atoms with Gasteiger partial charge in [-0.15, -0.1) is 0 Å². The summed E-state index contributed by atoms with van der Waals surface area (Å²) in [4.78, 5) is 2.10. The fourth-order valence-electron chi connectivity index (χ4n) is 1.33. The Balaban J connectivity index is 2.51. The summed E-state index contributed by atoms with van der Waals surface area (Å²) in [5.41, 5.74) is 0.484. The average Bonchev–Trinajstić information content (AvgIpc) is 2.21. The van der Waals surface area contributed by atoms with E-state index in [0.717, 1.165) is 12.6 Å². The monoisotopic (exact) mass is 242 g/mol. The van der Waals surface area contributed by atoms with Crippen LogP contribution in [0.1, 0.15) is 19.4 Å². The second-order valence-electron chi connectivity index (χ2n) is 5.05. The van der Waals surface area contributed by atoms with Crippen LogP contribution >= 0.6 is 0 Å². The molecule has 0 spiro atoms. The van der Waals surface area contributed by atoms with Gasteiger partial charge in [-0.1, -0.05) is 6.07 Å². The third kappa shape index (κ3) is 4.06. The van der Waals surface area contributed by atoms with Crippen LogP contribution in [-0.4, -0.2) is 31.1 Å². The number of benzene rings is 1. The van der Waals surface area contributed by atoms with Gasteiger partial charge in [0, 0.05) is 30.3 Å². The summed E-state index contributed by atoms with van der Waals surface area (Å²) in [6.45, 7) is 5.34. The van der Waals surface area contributed by atoms with E-state index in [0.29, 0.717) is 12.1 Å². The highest BCUT2D eigenvalue weighted by Gasteiger charge is 2.19. The van der Waals surface area contributed by atoms with E-state index in [1.807, 2.05) is 14.1 Å². The third-order valence-corrected chi connectivity index (χ3v) is 3.10. The first kappa shape index (κ1) is 14.1. The lowest BCUT2D eigenvalue weighted by Gasteiger charge is -2.32. The Morgan fingerprint density at radius 3 is 2.41 bits per heavy atom. The molecule has 0 aliphatic rings. The maximum Gasteiger partial charge on any atom is 0.130 e. The minimum Gasteiger partial charge on any atom is -0.311 e. The molecular weight excluding hydrogens is 222 g/mol. The molecule has 0 aliphatic carbocycles. The smallest absolute Gasteiger partial charge is 0.130 e. The van der Waals surface area contributed by atoms with Gasteiger partial charge in [-0.2, -0.15) is 0 Å². The summed E-state index contributed by atoms with van der Waals surface area (Å²) < 4.78 is 26.0. The van der Waals surface area contributed by atoms with Crippen LogP contribution in [0.25, 0.3) is 0 Å². The molecule has 0 atom stereocenters. The first-order chi connectivity index (χ1) is 7.83. The predicted octanol–water partition coefficient (Wildman–Crippen LogP) is 2.39. The van der Waals surface area contributed by atoms with Crippen molar-refractivity contribution in [2.45, 2.75) is 25.9 Å². The largest absolute Gasteiger partial charge is 0.311 e. The maximum absolute atomic E-state index is 13.3. The Hall–Kier alpha value is -1.00. The zero-order chi connectivity index (χ0) is 13.1. The first-order valence-corrected chi connectivity index (χ1v) is 5.65. The van der Waals surface area contributed by atoms with Crippen LogP contribution in [0, 0.1) is 11.6 Å². The lowest BCUT2D eigenvalue weighted by molar-refractivity contribution is 0.189. The van der Waals surface area contributed by atoms with E-state index in [1.165, 1.54) is 12.1 Å². The van der Waals surface area contributed by atoms with Crippen LogP contribution in [0.5, 0.6) is 0 Å². The Morgan fingerprint density at radius 1 is 1.24 bits per heavy atom. The minimum absolute atomic E-state index is 0.00347. The first-order valence-electron chi connectivity index (χ1n) is 5.65. The van der Waals surface area contributed by atoms with Gasteiger partial charge >= 0.3 is 0 Å². The number of rotatable bonds is 5. The number of halogens is 2. The highest BCUT2D eigenvalue weighted by atomic mass is 19.1. The second-order valence-corrected chi connectivity index (χ2v) is 5.05. The second kappa shape index (κ2) is 5.56. The van der Waals surface area contributed by atoms with Gasteiger partial charge < -0.3 is 10.2 Å². The molecule has 2 nitrogen and oxygen atoms in total. The summed E-state index contributed by atoms with van der Waals surface area (Å²) in [6.07, 6.45) is 0. The van der Waals surface area contributed by atoms with Crippen molar-refractivity contribution in [3.63, 3.8) is 0 Å². The summed E-state index contributed by atoms with van der Waals surface area (Å²) in [7, 11) is 4.00. The normalized spacial score (nSPS) is 12.2. The Kier molecular flexibility index (Phi) is 4.60. The minimum atomic E-state index is -0.542. The van der Waals surface area contributed by atoms with Crippen molar-refractivity contribution in [2.24, 2.45) is 0 Å². The summed E-state index contributed by atoms with van der Waals surface area (Å²) in [5.74, 6) is -1.04. The molecule has 0 unspecified atom stereocenters. The quantitative estimate of drug-likeness (QED) is 0.853. The van der Waals surface area contributed by atoms with E-state index in [4.69, 9.17) is 0 Å². The summed E-state index contributed by atoms with van der Waals surface area (Å²) >= 11 is 0. The number of hydrogen-bond donors (Lipinski definition) is 1. The van der Waals surface area contributed by atoms with Gasteiger partial charge in [0.1, 0.15) is 11.6 Å². The highest BCUT2D eigenvalue weighted by Crippen LogP contribution is 2.11. The third-order valence-electron chi connectivity index (χ3n) is 3.10. The molecule has 0 aliphatic heterocycles. The molecule has 0 radical (unpaired) electrons. The van der Waals surface area contributed by atoms with Crippen molar-refractivity contribution in [2.75, 3.05) is 20.6 Å². The van der Waals surface area contributed by atoms with Crippen LogP contribution in [0.2, 0.25) is 0 Å². The van der Waals surface area contributed by atoms with Crippen LogP contribution in [0.15, 0.2) is 18.2 Å². The lowest BCUT2D eigenvalue weighted by Crippen LogP contribution is -2.46. The van der Waals surface area contributed by atoms with Gasteiger partial charge in [-0.25, -0.2) is 8.78 Å². The zero-order valence-electron chi connectivity index (χ0n) is 10.8. The molecule has 0 saturated heterocycles. The molecule has 0 amide bonds. The van der Waals surface area contributed by atoms with Crippen molar-refractivity contribution in [1.29, 1.82) is 0 Å². The molecule has 1 N–H and O–H groups in total. The molecule has 0 heterocycles. The van der Waals surface area contributed by atoms with Crippen LogP contribution < -0.4 is 5.32 Å². The van der Waals surface area contributed by atoms with Gasteiger partial charge in [0.05, 0.1) is 0 Å². The Morgan fingerprint density at radius 2 is 1.88 bits per heavy atom. The van der Waals surface area contributed by atoms with Crippen molar-refractivity contribution in [1.82, 2.24) is 10.2 Å². The topological polar surface area (TPSA) is 15.3 Å². The maximum atomic E-state index is 13.3. The predicted molar refractivity (Wildman–Crippen MR) is 65.8 cm³/mol. The van der Waals surface area contributed by atoms with Gasteiger partial charge in [0.15, 0.2) is 0 Å². The van der Waals surface area contributed by atoms with E-state index >= 15 is 0 Å². The van der Waals surface area contributed by atoms with Crippen LogP contribution in [0.3, 0.4) is 0 Å². The van der Waals surface area contributed by atoms with Crippen molar-refractivity contribution in [3.05, 3.63) is 35.4 Å². The van der Waals surface area contributed by atoms with Crippen LogP contribution in [-0.2, 0) is 6.54 Å². The molecule has 17 heavy (non-hydrogen) atoms. The SMILES string of the molecule is CN(C)C(C)(C)CNCc1ccc(F)cc1F. The molecule has 0 saturated carbocycles. The van der Waals surface area contributed by atoms with E-state index in [1.54, 1.807) is 0 Å². The molecule has 1 aromatic rings. The molecule has 0 fully saturated rings. The molecule has 1 rings (SSSR count). The van der Waals surface area contributed by atoms with E-state index in [9.17, 15) is 8.78 Å². The highest BCUT2D eigenvalue weighted by molar-refractivity contribution is 5.18. The summed E-state index contributed by atoms with van der Waals surface area (Å²) in [6, 6.07) is 3.66. The average molecular weight is 242 g/mol. The van der Waals surface area contributed by atoms with E-state index in [2.05, 4.69) is 24.1 Å². The Bertz CT molecular complexity index is 376. The number of likely N-dealkylation sites (N-methyl/N-ethyl adjacent to an activating group) is 1. The molecule has 96 valence electrons. The van der Waals surface area contributed by atoms with Gasteiger partial charge in [0.25, 0.3) is 0 Å². The molecule has 0 aromatic heterocycles. The fraction of sp³-hybridized carbons (Fsp3) is 0.538. The van der Waals surface area contributed by atoms with Gasteiger partial charge in [0.2, 0.25) is 0 Å².